The van der Waals surface area contributed by atoms with Gasteiger partial charge in [-0.05, 0) is 28.9 Å². The fourth-order valence-corrected chi connectivity index (χ4v) is 2.41. The molecule has 0 spiro atoms. The molecule has 0 radical (unpaired) electrons. The van der Waals surface area contributed by atoms with E-state index in [1.54, 1.807) is 12.3 Å². The summed E-state index contributed by atoms with van der Waals surface area (Å²) in [6.45, 7) is 2.02. The van der Waals surface area contributed by atoms with Crippen molar-refractivity contribution >= 4 is 27.5 Å². The highest BCUT2D eigenvalue weighted by molar-refractivity contribution is 9.10. The second-order valence-electron chi connectivity index (χ2n) is 4.61. The average Bonchev–Trinajstić information content (AvgIpc) is 2.88. The average molecular weight is 346 g/mol. The van der Waals surface area contributed by atoms with Crippen LogP contribution < -0.4 is 0 Å². The van der Waals surface area contributed by atoms with Crippen LogP contribution in [0, 0.1) is 6.92 Å². The summed E-state index contributed by atoms with van der Waals surface area (Å²) in [5.74, 6) is -0.452. The first-order chi connectivity index (χ1) is 10.1. The standard InChI is InChI=1S/C15H12BrN3O2/c1-9-3-5-10(6-4-9)12-7-13(15(20)21-2)19-14(18-12)11(16)8-17-19/h3-8H,1-2H3. The molecule has 0 amide bonds. The number of nitrogens with zero attached hydrogens (tertiary/aromatic N) is 3. The Kier molecular flexibility index (Phi) is 3.47. The summed E-state index contributed by atoms with van der Waals surface area (Å²) >= 11 is 3.39. The first-order valence-electron chi connectivity index (χ1n) is 6.30. The molecule has 2 heterocycles. The van der Waals surface area contributed by atoms with E-state index < -0.39 is 5.97 Å². The van der Waals surface area contributed by atoms with Crippen molar-refractivity contribution in [2.24, 2.45) is 0 Å². The van der Waals surface area contributed by atoms with Gasteiger partial charge < -0.3 is 4.74 Å². The smallest absolute Gasteiger partial charge is 0.356 e. The van der Waals surface area contributed by atoms with E-state index in [0.29, 0.717) is 17.0 Å². The van der Waals surface area contributed by atoms with E-state index in [2.05, 4.69) is 26.0 Å². The molecule has 0 N–H and O–H groups in total. The van der Waals surface area contributed by atoms with Gasteiger partial charge in [-0.2, -0.15) is 5.10 Å². The third-order valence-electron chi connectivity index (χ3n) is 3.17. The first kappa shape index (κ1) is 13.8. The van der Waals surface area contributed by atoms with E-state index in [4.69, 9.17) is 4.74 Å². The molecule has 0 aliphatic carbocycles. The molecule has 3 rings (SSSR count). The number of aryl methyl sites for hydroxylation is 1. The van der Waals surface area contributed by atoms with Crippen molar-refractivity contribution in [3.63, 3.8) is 0 Å². The van der Waals surface area contributed by atoms with Crippen LogP contribution in [-0.2, 0) is 4.74 Å². The Bertz CT molecular complexity index is 825. The van der Waals surface area contributed by atoms with Crippen molar-refractivity contribution in [2.75, 3.05) is 7.11 Å². The molecular weight excluding hydrogens is 334 g/mol. The van der Waals surface area contributed by atoms with E-state index in [1.165, 1.54) is 17.2 Å². The minimum absolute atomic E-state index is 0.337. The van der Waals surface area contributed by atoms with E-state index >= 15 is 0 Å². The minimum atomic E-state index is -0.452. The maximum absolute atomic E-state index is 11.9. The van der Waals surface area contributed by atoms with E-state index in [0.717, 1.165) is 10.0 Å². The molecule has 0 unspecified atom stereocenters. The van der Waals surface area contributed by atoms with Crippen LogP contribution >= 0.6 is 15.9 Å². The number of benzene rings is 1. The quantitative estimate of drug-likeness (QED) is 0.669. The largest absolute Gasteiger partial charge is 0.464 e. The number of fused-ring (bicyclic) bond motifs is 1. The van der Waals surface area contributed by atoms with Gasteiger partial charge in [0.15, 0.2) is 11.3 Å². The molecular formula is C15H12BrN3O2. The third kappa shape index (κ3) is 2.42. The number of halogens is 1. The van der Waals surface area contributed by atoms with Crippen molar-refractivity contribution in [2.45, 2.75) is 6.92 Å². The molecule has 0 atom stereocenters. The molecule has 0 saturated heterocycles. The van der Waals surface area contributed by atoms with Gasteiger partial charge in [0, 0.05) is 5.56 Å². The summed E-state index contributed by atoms with van der Waals surface area (Å²) < 4.78 is 7.01. The molecule has 21 heavy (non-hydrogen) atoms. The van der Waals surface area contributed by atoms with Gasteiger partial charge in [-0.1, -0.05) is 29.8 Å². The fourth-order valence-electron chi connectivity index (χ4n) is 2.06. The summed E-state index contributed by atoms with van der Waals surface area (Å²) in [5, 5.41) is 4.14. The van der Waals surface area contributed by atoms with Crippen LogP contribution in [0.4, 0.5) is 0 Å². The van der Waals surface area contributed by atoms with Crippen molar-refractivity contribution in [1.29, 1.82) is 0 Å². The van der Waals surface area contributed by atoms with Gasteiger partial charge in [0.05, 0.1) is 23.5 Å². The monoisotopic (exact) mass is 345 g/mol. The normalized spacial score (nSPS) is 10.8. The molecule has 6 heteroatoms. The molecule has 106 valence electrons. The number of ether oxygens (including phenoxy) is 1. The number of hydrogen-bond donors (Lipinski definition) is 0. The molecule has 2 aromatic heterocycles. The SMILES string of the molecule is COC(=O)c1cc(-c2ccc(C)cc2)nc2c(Br)cnn12. The van der Waals surface area contributed by atoms with Gasteiger partial charge in [0.2, 0.25) is 0 Å². The van der Waals surface area contributed by atoms with Crippen LogP contribution in [-0.4, -0.2) is 27.7 Å². The zero-order valence-corrected chi connectivity index (χ0v) is 13.1. The molecule has 0 bridgehead atoms. The summed E-state index contributed by atoms with van der Waals surface area (Å²) in [5.41, 5.74) is 3.71. The first-order valence-corrected chi connectivity index (χ1v) is 7.09. The zero-order chi connectivity index (χ0) is 15.0. The number of methoxy groups -OCH3 is 1. The number of hydrogen-bond acceptors (Lipinski definition) is 4. The topological polar surface area (TPSA) is 56.5 Å². The fraction of sp³-hybridized carbons (Fsp3) is 0.133. The Hall–Kier alpha value is -2.21. The molecule has 0 saturated carbocycles. The number of aromatic nitrogens is 3. The minimum Gasteiger partial charge on any atom is -0.464 e. The van der Waals surface area contributed by atoms with E-state index in [1.807, 2.05) is 31.2 Å². The van der Waals surface area contributed by atoms with E-state index in [9.17, 15) is 4.79 Å². The highest BCUT2D eigenvalue weighted by Crippen LogP contribution is 2.24. The maximum Gasteiger partial charge on any atom is 0.356 e. The lowest BCUT2D eigenvalue weighted by molar-refractivity contribution is 0.0590. The van der Waals surface area contributed by atoms with Crippen molar-refractivity contribution < 1.29 is 9.53 Å². The van der Waals surface area contributed by atoms with Gasteiger partial charge in [-0.25, -0.2) is 14.3 Å². The van der Waals surface area contributed by atoms with Gasteiger partial charge in [0.1, 0.15) is 0 Å². The molecule has 0 fully saturated rings. The van der Waals surface area contributed by atoms with Crippen LogP contribution in [0.25, 0.3) is 16.9 Å². The summed E-state index contributed by atoms with van der Waals surface area (Å²) in [4.78, 5) is 16.5. The van der Waals surface area contributed by atoms with Gasteiger partial charge in [0.25, 0.3) is 0 Å². The maximum atomic E-state index is 11.9. The van der Waals surface area contributed by atoms with Crippen LogP contribution in [0.15, 0.2) is 41.0 Å². The van der Waals surface area contributed by atoms with Gasteiger partial charge in [-0.15, -0.1) is 0 Å². The van der Waals surface area contributed by atoms with Crippen LogP contribution in [0.5, 0.6) is 0 Å². The molecule has 1 aromatic carbocycles. The van der Waals surface area contributed by atoms with Crippen molar-refractivity contribution in [1.82, 2.24) is 14.6 Å². The number of esters is 1. The Labute approximate surface area is 129 Å². The Morgan fingerprint density at radius 1 is 1.29 bits per heavy atom. The lowest BCUT2D eigenvalue weighted by Gasteiger charge is -2.07. The van der Waals surface area contributed by atoms with Crippen LogP contribution in [0.2, 0.25) is 0 Å². The highest BCUT2D eigenvalue weighted by atomic mass is 79.9. The second kappa shape index (κ2) is 5.29. The summed E-state index contributed by atoms with van der Waals surface area (Å²) in [6.07, 6.45) is 1.60. The summed E-state index contributed by atoms with van der Waals surface area (Å²) in [7, 11) is 1.35. The van der Waals surface area contributed by atoms with Crippen LogP contribution in [0.3, 0.4) is 0 Å². The van der Waals surface area contributed by atoms with Gasteiger partial charge >= 0.3 is 5.97 Å². The van der Waals surface area contributed by atoms with Crippen LogP contribution in [0.1, 0.15) is 16.1 Å². The Morgan fingerprint density at radius 3 is 2.67 bits per heavy atom. The highest BCUT2D eigenvalue weighted by Gasteiger charge is 2.17. The molecule has 3 aromatic rings. The Morgan fingerprint density at radius 2 is 2.00 bits per heavy atom. The van der Waals surface area contributed by atoms with E-state index in [-0.39, 0.29) is 0 Å². The number of carbonyl (C=O) groups excluding carboxylic acids is 1. The lowest BCUT2D eigenvalue weighted by Crippen LogP contribution is -2.10. The number of carbonyl (C=O) groups is 1. The predicted octanol–water partition coefficient (Wildman–Crippen LogP) is 3.25. The van der Waals surface area contributed by atoms with Crippen molar-refractivity contribution in [3.8, 4) is 11.3 Å². The Balaban J connectivity index is 2.26. The molecule has 0 aliphatic heterocycles. The van der Waals surface area contributed by atoms with Crippen molar-refractivity contribution in [3.05, 3.63) is 52.3 Å². The molecule has 5 nitrogen and oxygen atoms in total. The predicted molar refractivity (Wildman–Crippen MR) is 82.2 cm³/mol. The summed E-state index contributed by atoms with van der Waals surface area (Å²) in [6, 6.07) is 9.64. The molecule has 0 aliphatic rings. The number of rotatable bonds is 2. The van der Waals surface area contributed by atoms with Gasteiger partial charge in [-0.3, -0.25) is 0 Å². The lowest BCUT2D eigenvalue weighted by atomic mass is 10.1. The third-order valence-corrected chi connectivity index (χ3v) is 3.73. The second-order valence-corrected chi connectivity index (χ2v) is 5.47. The zero-order valence-electron chi connectivity index (χ0n) is 11.5.